The van der Waals surface area contributed by atoms with Gasteiger partial charge in [-0.1, -0.05) is 0 Å². The summed E-state index contributed by atoms with van der Waals surface area (Å²) >= 11 is 4.61. The fraction of sp³-hybridized carbons (Fsp3) is 0. The number of halogens is 1. The van der Waals surface area contributed by atoms with Crippen LogP contribution >= 0.6 is 11.9 Å². The Balaban J connectivity index is 3.09. The van der Waals surface area contributed by atoms with E-state index in [4.69, 9.17) is 0 Å². The number of hydrogen-bond donors (Lipinski definition) is 1. The Bertz CT molecular complexity index is 292. The lowest BCUT2D eigenvalue weighted by Crippen LogP contribution is -1.99. The van der Waals surface area contributed by atoms with Crippen LogP contribution < -0.4 is 0 Å². The van der Waals surface area contributed by atoms with Crippen molar-refractivity contribution in [3.8, 4) is 0 Å². The Morgan fingerprint density at radius 3 is 2.80 bits per heavy atom. The van der Waals surface area contributed by atoms with E-state index in [0.717, 1.165) is 6.20 Å². The van der Waals surface area contributed by atoms with Crippen molar-refractivity contribution < 1.29 is 12.2 Å². The van der Waals surface area contributed by atoms with Gasteiger partial charge in [-0.3, -0.25) is 0 Å². The highest BCUT2D eigenvalue weighted by Gasteiger charge is 2.16. The number of hydrogen-bond acceptors (Lipinski definition) is 5. The molecule has 0 aliphatic heterocycles. The van der Waals surface area contributed by atoms with E-state index in [2.05, 4.69) is 31.0 Å². The molecule has 0 aromatic carbocycles. The highest BCUT2D eigenvalue weighted by Crippen LogP contribution is 2.06. The maximum atomic E-state index is 10.6. The first kappa shape index (κ1) is 7.45. The SMILES string of the molecule is O=S(=O)(OCl)c1cn[nH]n1. The summed E-state index contributed by atoms with van der Waals surface area (Å²) in [5, 5.41) is 8.22. The normalized spacial score (nSPS) is 11.7. The summed E-state index contributed by atoms with van der Waals surface area (Å²) < 4.78 is 24.8. The second-order valence-corrected chi connectivity index (χ2v) is 3.16. The molecule has 0 fully saturated rings. The maximum absolute atomic E-state index is 10.6. The molecule has 0 saturated carbocycles. The molecule has 1 N–H and O–H groups in total. The van der Waals surface area contributed by atoms with Gasteiger partial charge in [-0.2, -0.15) is 22.5 Å². The van der Waals surface area contributed by atoms with Gasteiger partial charge in [-0.15, -0.1) is 5.10 Å². The summed E-state index contributed by atoms with van der Waals surface area (Å²) in [6.45, 7) is 0. The van der Waals surface area contributed by atoms with Gasteiger partial charge in [-0.25, -0.2) is 0 Å². The molecule has 8 heteroatoms. The molecule has 1 rings (SSSR count). The largest absolute Gasteiger partial charge is 0.334 e. The average Bonchev–Trinajstić information content (AvgIpc) is 2.38. The number of aromatic amines is 1. The molecule has 0 amide bonds. The van der Waals surface area contributed by atoms with E-state index >= 15 is 0 Å². The van der Waals surface area contributed by atoms with Crippen LogP contribution in [0.25, 0.3) is 0 Å². The Morgan fingerprint density at radius 2 is 2.40 bits per heavy atom. The molecule has 10 heavy (non-hydrogen) atoms. The summed E-state index contributed by atoms with van der Waals surface area (Å²) in [6.07, 6.45) is 0.984. The first-order valence-electron chi connectivity index (χ1n) is 2.08. The molecule has 0 aliphatic rings. The Kier molecular flexibility index (Phi) is 1.88. The topological polar surface area (TPSA) is 84.9 Å². The molecule has 0 unspecified atom stereocenters. The Labute approximate surface area is 61.4 Å². The average molecular weight is 184 g/mol. The highest BCUT2D eigenvalue weighted by molar-refractivity contribution is 7.87. The second-order valence-electron chi connectivity index (χ2n) is 1.33. The quantitative estimate of drug-likeness (QED) is 0.678. The van der Waals surface area contributed by atoms with Crippen LogP contribution in [-0.4, -0.2) is 23.8 Å². The molecular weight excluding hydrogens is 182 g/mol. The molecule has 0 spiro atoms. The van der Waals surface area contributed by atoms with E-state index in [9.17, 15) is 8.42 Å². The van der Waals surface area contributed by atoms with Gasteiger partial charge in [0.2, 0.25) is 5.03 Å². The summed E-state index contributed by atoms with van der Waals surface area (Å²) in [7, 11) is -3.89. The van der Waals surface area contributed by atoms with Gasteiger partial charge in [0.05, 0.1) is 18.1 Å². The molecule has 0 atom stereocenters. The number of aromatic nitrogens is 3. The smallest absolute Gasteiger partial charge is 0.197 e. The standard InChI is InChI=1S/C2H2ClN3O3S/c3-9-10(7,8)2-1-4-6-5-2/h1H,(H,4,5,6). The lowest BCUT2D eigenvalue weighted by molar-refractivity contribution is 0.504. The van der Waals surface area contributed by atoms with Crippen LogP contribution in [-0.2, 0) is 13.9 Å². The van der Waals surface area contributed by atoms with E-state index in [0.29, 0.717) is 0 Å². The van der Waals surface area contributed by atoms with Crippen molar-refractivity contribution in [1.82, 2.24) is 15.4 Å². The van der Waals surface area contributed by atoms with Crippen molar-refractivity contribution in [3.05, 3.63) is 6.20 Å². The first-order chi connectivity index (χ1) is 4.67. The Hall–Kier alpha value is -0.660. The number of nitrogens with one attached hydrogen (secondary N) is 1. The van der Waals surface area contributed by atoms with Crippen LogP contribution in [0.1, 0.15) is 0 Å². The van der Waals surface area contributed by atoms with Gasteiger partial charge in [0, 0.05) is 0 Å². The zero-order chi connectivity index (χ0) is 7.61. The van der Waals surface area contributed by atoms with Crippen LogP contribution in [0, 0.1) is 0 Å². The van der Waals surface area contributed by atoms with Crippen molar-refractivity contribution in [2.45, 2.75) is 5.03 Å². The minimum absolute atomic E-state index is 0.345. The maximum Gasteiger partial charge on any atom is 0.334 e. The summed E-state index contributed by atoms with van der Waals surface area (Å²) in [6, 6.07) is 0. The summed E-state index contributed by atoms with van der Waals surface area (Å²) in [4.78, 5) is 0. The highest BCUT2D eigenvalue weighted by atomic mass is 35.5. The molecule has 0 aliphatic carbocycles. The van der Waals surface area contributed by atoms with Crippen LogP contribution in [0.3, 0.4) is 0 Å². The molecular formula is C2H2ClN3O3S. The van der Waals surface area contributed by atoms with E-state index in [1.54, 1.807) is 0 Å². The van der Waals surface area contributed by atoms with Crippen molar-refractivity contribution >= 4 is 22.0 Å². The molecule has 0 bridgehead atoms. The van der Waals surface area contributed by atoms with Crippen LogP contribution in [0.5, 0.6) is 0 Å². The summed E-state index contributed by atoms with van der Waals surface area (Å²) in [5.41, 5.74) is 0. The number of rotatable bonds is 2. The molecule has 1 aromatic heterocycles. The van der Waals surface area contributed by atoms with Gasteiger partial charge in [0.25, 0.3) is 0 Å². The van der Waals surface area contributed by atoms with Gasteiger partial charge in [0.15, 0.2) is 0 Å². The lowest BCUT2D eigenvalue weighted by Gasteiger charge is -1.88. The molecule has 0 radical (unpaired) electrons. The van der Waals surface area contributed by atoms with Gasteiger partial charge in [-0.05, 0) is 0 Å². The van der Waals surface area contributed by atoms with E-state index in [1.807, 2.05) is 0 Å². The second kappa shape index (κ2) is 2.52. The van der Waals surface area contributed by atoms with Crippen LogP contribution in [0.4, 0.5) is 0 Å². The zero-order valence-corrected chi connectivity index (χ0v) is 6.06. The summed E-state index contributed by atoms with van der Waals surface area (Å²) in [5.74, 6) is 0. The van der Waals surface area contributed by atoms with E-state index in [-0.39, 0.29) is 5.03 Å². The molecule has 6 nitrogen and oxygen atoms in total. The fourth-order valence-corrected chi connectivity index (χ4v) is 0.936. The third-order valence-corrected chi connectivity index (χ3v) is 2.10. The molecule has 56 valence electrons. The third-order valence-electron chi connectivity index (χ3n) is 0.732. The predicted molar refractivity (Wildman–Crippen MR) is 30.5 cm³/mol. The van der Waals surface area contributed by atoms with Crippen molar-refractivity contribution in [1.29, 1.82) is 0 Å². The monoisotopic (exact) mass is 183 g/mol. The third kappa shape index (κ3) is 1.25. The van der Waals surface area contributed by atoms with E-state index < -0.39 is 10.1 Å². The Morgan fingerprint density at radius 1 is 1.70 bits per heavy atom. The lowest BCUT2D eigenvalue weighted by atomic mass is 11.0. The van der Waals surface area contributed by atoms with E-state index in [1.165, 1.54) is 0 Å². The molecule has 0 saturated heterocycles. The van der Waals surface area contributed by atoms with Crippen molar-refractivity contribution in [2.24, 2.45) is 0 Å². The molecule has 1 aromatic rings. The van der Waals surface area contributed by atoms with Gasteiger partial charge < -0.3 is 0 Å². The zero-order valence-electron chi connectivity index (χ0n) is 4.48. The number of H-pyrrole nitrogens is 1. The fourth-order valence-electron chi connectivity index (χ4n) is 0.344. The van der Waals surface area contributed by atoms with Crippen LogP contribution in [0.15, 0.2) is 11.2 Å². The van der Waals surface area contributed by atoms with Gasteiger partial charge >= 0.3 is 10.1 Å². The minimum Gasteiger partial charge on any atom is -0.197 e. The van der Waals surface area contributed by atoms with Gasteiger partial charge in [0.1, 0.15) is 0 Å². The predicted octanol–water partition coefficient (Wildman–Crippen LogP) is -0.336. The van der Waals surface area contributed by atoms with Crippen molar-refractivity contribution in [2.75, 3.05) is 0 Å². The minimum atomic E-state index is -3.89. The first-order valence-corrected chi connectivity index (χ1v) is 3.79. The number of nitrogens with zero attached hydrogens (tertiary/aromatic N) is 2. The van der Waals surface area contributed by atoms with Crippen LogP contribution in [0.2, 0.25) is 0 Å². The molecule has 1 heterocycles. The van der Waals surface area contributed by atoms with Crippen molar-refractivity contribution in [3.63, 3.8) is 0 Å².